The molecule has 1 fully saturated rings. The Morgan fingerprint density at radius 3 is 2.58 bits per heavy atom. The molecule has 6 nitrogen and oxygen atoms in total. The average Bonchev–Trinajstić information content (AvgIpc) is 3.20. The number of hydrogen-bond acceptors (Lipinski definition) is 6. The maximum atomic E-state index is 5.74. The summed E-state index contributed by atoms with van der Waals surface area (Å²) in [5.74, 6) is 2.49. The molecular formula is C13H24N6. The van der Waals surface area contributed by atoms with E-state index in [1.807, 2.05) is 0 Å². The van der Waals surface area contributed by atoms with Gasteiger partial charge in [0, 0.05) is 19.6 Å². The first-order valence-corrected chi connectivity index (χ1v) is 7.23. The predicted molar refractivity (Wildman–Crippen MR) is 78.2 cm³/mol. The smallest absolute Gasteiger partial charge is 0.231 e. The van der Waals surface area contributed by atoms with E-state index in [0.29, 0.717) is 11.9 Å². The molecule has 2 rings (SSSR count). The van der Waals surface area contributed by atoms with Gasteiger partial charge in [-0.05, 0) is 32.6 Å². The minimum absolute atomic E-state index is 0.279. The van der Waals surface area contributed by atoms with Crippen LogP contribution in [0.25, 0.3) is 0 Å². The Morgan fingerprint density at radius 1 is 1.21 bits per heavy atom. The molecule has 0 bridgehead atoms. The van der Waals surface area contributed by atoms with Crippen LogP contribution in [0.15, 0.2) is 0 Å². The Morgan fingerprint density at radius 2 is 1.95 bits per heavy atom. The Hall–Kier alpha value is -1.59. The fraction of sp³-hybridized carbons (Fsp3) is 0.769. The lowest BCUT2D eigenvalue weighted by molar-refractivity contribution is 0.685. The van der Waals surface area contributed by atoms with Crippen LogP contribution in [-0.2, 0) is 0 Å². The maximum absolute atomic E-state index is 5.74. The van der Waals surface area contributed by atoms with E-state index in [4.69, 9.17) is 5.73 Å². The summed E-state index contributed by atoms with van der Waals surface area (Å²) in [5, 5.41) is 3.24. The summed E-state index contributed by atoms with van der Waals surface area (Å²) < 4.78 is 0. The summed E-state index contributed by atoms with van der Waals surface area (Å²) in [6.07, 6.45) is 5.28. The monoisotopic (exact) mass is 264 g/mol. The topological polar surface area (TPSA) is 80.0 Å². The number of nitrogen functional groups attached to an aromatic ring is 1. The van der Waals surface area contributed by atoms with E-state index in [0.717, 1.165) is 32.0 Å². The van der Waals surface area contributed by atoms with E-state index >= 15 is 0 Å². The Labute approximate surface area is 114 Å². The molecule has 19 heavy (non-hydrogen) atoms. The van der Waals surface area contributed by atoms with Gasteiger partial charge in [-0.15, -0.1) is 0 Å². The van der Waals surface area contributed by atoms with Crippen molar-refractivity contribution < 1.29 is 0 Å². The highest BCUT2D eigenvalue weighted by molar-refractivity contribution is 5.41. The van der Waals surface area contributed by atoms with Crippen molar-refractivity contribution in [2.45, 2.75) is 39.5 Å². The van der Waals surface area contributed by atoms with Gasteiger partial charge >= 0.3 is 0 Å². The number of nitrogens with zero attached hydrogens (tertiary/aromatic N) is 4. The van der Waals surface area contributed by atoms with Crippen molar-refractivity contribution in [2.24, 2.45) is 5.92 Å². The van der Waals surface area contributed by atoms with Crippen LogP contribution in [0.5, 0.6) is 0 Å². The quantitative estimate of drug-likeness (QED) is 0.698. The first-order chi connectivity index (χ1) is 9.22. The lowest BCUT2D eigenvalue weighted by Crippen LogP contribution is -2.25. The van der Waals surface area contributed by atoms with E-state index in [1.54, 1.807) is 0 Å². The molecule has 1 heterocycles. The number of rotatable bonds is 8. The van der Waals surface area contributed by atoms with Crippen molar-refractivity contribution in [3.05, 3.63) is 0 Å². The van der Waals surface area contributed by atoms with Gasteiger partial charge in [-0.2, -0.15) is 15.0 Å². The molecule has 0 aromatic carbocycles. The van der Waals surface area contributed by atoms with Crippen LogP contribution in [-0.4, -0.2) is 34.6 Å². The van der Waals surface area contributed by atoms with Crippen LogP contribution < -0.4 is 16.0 Å². The van der Waals surface area contributed by atoms with E-state index in [2.05, 4.69) is 39.0 Å². The Bertz CT molecular complexity index is 400. The molecule has 1 saturated carbocycles. The molecule has 6 heteroatoms. The normalized spacial score (nSPS) is 14.4. The molecule has 1 aromatic heterocycles. The highest BCUT2D eigenvalue weighted by Crippen LogP contribution is 2.33. The molecule has 0 atom stereocenters. The van der Waals surface area contributed by atoms with Crippen LogP contribution in [0, 0.1) is 5.92 Å². The van der Waals surface area contributed by atoms with Crippen molar-refractivity contribution in [3.8, 4) is 0 Å². The number of hydrogen-bond donors (Lipinski definition) is 2. The Kier molecular flexibility index (Phi) is 4.76. The fourth-order valence-electron chi connectivity index (χ4n) is 2.11. The highest BCUT2D eigenvalue weighted by atomic mass is 15.3. The second-order valence-corrected chi connectivity index (χ2v) is 5.00. The summed E-state index contributed by atoms with van der Waals surface area (Å²) >= 11 is 0. The van der Waals surface area contributed by atoms with Gasteiger partial charge in [0.15, 0.2) is 0 Å². The van der Waals surface area contributed by atoms with Gasteiger partial charge in [-0.1, -0.05) is 12.8 Å². The molecule has 1 aliphatic rings. The molecule has 0 amide bonds. The number of aromatic nitrogens is 3. The third kappa shape index (κ3) is 4.22. The minimum Gasteiger partial charge on any atom is -0.368 e. The van der Waals surface area contributed by atoms with Crippen molar-refractivity contribution in [1.29, 1.82) is 0 Å². The van der Waals surface area contributed by atoms with Gasteiger partial charge in [0.2, 0.25) is 17.8 Å². The van der Waals surface area contributed by atoms with Crippen molar-refractivity contribution in [1.82, 2.24) is 15.0 Å². The predicted octanol–water partition coefficient (Wildman–Crippen LogP) is 1.90. The van der Waals surface area contributed by atoms with Crippen molar-refractivity contribution in [2.75, 3.05) is 35.6 Å². The molecule has 0 aliphatic heterocycles. The van der Waals surface area contributed by atoms with Gasteiger partial charge in [0.25, 0.3) is 0 Å². The summed E-state index contributed by atoms with van der Waals surface area (Å²) in [6, 6.07) is 0. The van der Waals surface area contributed by atoms with Crippen LogP contribution in [0.3, 0.4) is 0 Å². The lowest BCUT2D eigenvalue weighted by atomic mass is 10.2. The molecule has 1 aliphatic carbocycles. The largest absolute Gasteiger partial charge is 0.368 e. The molecular weight excluding hydrogens is 240 g/mol. The van der Waals surface area contributed by atoms with Gasteiger partial charge in [-0.25, -0.2) is 0 Å². The fourth-order valence-corrected chi connectivity index (χ4v) is 2.11. The standard InChI is InChI=1S/C13H24N6/c1-3-19(4-2)13-17-11(14)16-12(18-13)15-9-5-6-10-7-8-10/h10H,3-9H2,1-2H3,(H3,14,15,16,17,18). The third-order valence-corrected chi connectivity index (χ3v) is 3.46. The van der Waals surface area contributed by atoms with Gasteiger partial charge < -0.3 is 16.0 Å². The second kappa shape index (κ2) is 6.54. The molecule has 3 N–H and O–H groups in total. The second-order valence-electron chi connectivity index (χ2n) is 5.00. The van der Waals surface area contributed by atoms with Crippen molar-refractivity contribution in [3.63, 3.8) is 0 Å². The van der Waals surface area contributed by atoms with E-state index < -0.39 is 0 Å². The Balaban J connectivity index is 1.90. The van der Waals surface area contributed by atoms with Crippen LogP contribution in [0.4, 0.5) is 17.8 Å². The molecule has 0 saturated heterocycles. The number of nitrogens with one attached hydrogen (secondary N) is 1. The molecule has 0 radical (unpaired) electrons. The molecule has 0 unspecified atom stereocenters. The summed E-state index contributed by atoms with van der Waals surface area (Å²) in [7, 11) is 0. The zero-order chi connectivity index (χ0) is 13.7. The first-order valence-electron chi connectivity index (χ1n) is 7.23. The van der Waals surface area contributed by atoms with E-state index in [9.17, 15) is 0 Å². The molecule has 106 valence electrons. The van der Waals surface area contributed by atoms with Crippen LogP contribution >= 0.6 is 0 Å². The zero-order valence-electron chi connectivity index (χ0n) is 11.9. The highest BCUT2D eigenvalue weighted by Gasteiger charge is 2.20. The minimum atomic E-state index is 0.279. The SMILES string of the molecule is CCN(CC)c1nc(N)nc(NCCCC2CC2)n1. The van der Waals surface area contributed by atoms with Crippen LogP contribution in [0.1, 0.15) is 39.5 Å². The average molecular weight is 264 g/mol. The van der Waals surface area contributed by atoms with Crippen molar-refractivity contribution >= 4 is 17.8 Å². The van der Waals surface area contributed by atoms with Gasteiger partial charge in [0.1, 0.15) is 0 Å². The van der Waals surface area contributed by atoms with E-state index in [1.165, 1.54) is 19.3 Å². The number of nitrogens with two attached hydrogens (primary N) is 1. The molecule has 1 aromatic rings. The van der Waals surface area contributed by atoms with Crippen LogP contribution in [0.2, 0.25) is 0 Å². The first kappa shape index (κ1) is 13.8. The maximum Gasteiger partial charge on any atom is 0.231 e. The summed E-state index contributed by atoms with van der Waals surface area (Å²) in [6.45, 7) is 6.78. The third-order valence-electron chi connectivity index (χ3n) is 3.46. The van der Waals surface area contributed by atoms with Gasteiger partial charge in [0.05, 0.1) is 0 Å². The molecule has 0 spiro atoms. The zero-order valence-corrected chi connectivity index (χ0v) is 11.9. The van der Waals surface area contributed by atoms with Gasteiger partial charge in [-0.3, -0.25) is 0 Å². The summed E-state index contributed by atoms with van der Waals surface area (Å²) in [4.78, 5) is 14.8. The number of anilines is 3. The summed E-state index contributed by atoms with van der Waals surface area (Å²) in [5.41, 5.74) is 5.74. The lowest BCUT2D eigenvalue weighted by Gasteiger charge is -2.19. The van der Waals surface area contributed by atoms with E-state index in [-0.39, 0.29) is 5.95 Å².